The van der Waals surface area contributed by atoms with Gasteiger partial charge < -0.3 is 15.7 Å². The number of anilines is 1. The molecule has 0 heterocycles. The highest BCUT2D eigenvalue weighted by Gasteiger charge is 2.13. The number of hydrogen-bond donors (Lipinski definition) is 3. The van der Waals surface area contributed by atoms with Gasteiger partial charge in [-0.3, -0.25) is 0 Å². The number of hydrogen-bond acceptors (Lipinski definition) is 2. The van der Waals surface area contributed by atoms with E-state index in [1.54, 1.807) is 12.1 Å². The third-order valence-corrected chi connectivity index (χ3v) is 3.27. The van der Waals surface area contributed by atoms with Crippen molar-refractivity contribution >= 4 is 27.6 Å². The van der Waals surface area contributed by atoms with Gasteiger partial charge in [-0.1, -0.05) is 52.3 Å². The number of carbonyl (C=O) groups excluding carboxylic acids is 1. The van der Waals surface area contributed by atoms with Gasteiger partial charge in [-0.25, -0.2) is 4.79 Å². The Balaban J connectivity index is 2.00. The van der Waals surface area contributed by atoms with Crippen LogP contribution in [0.25, 0.3) is 0 Å². The van der Waals surface area contributed by atoms with Crippen LogP contribution in [0.15, 0.2) is 59.1 Å². The van der Waals surface area contributed by atoms with Crippen LogP contribution >= 0.6 is 15.9 Å². The molecule has 0 spiro atoms. The first-order valence-electron chi connectivity index (χ1n) is 6.18. The Bertz CT molecular complexity index is 575. The van der Waals surface area contributed by atoms with E-state index in [0.717, 1.165) is 10.0 Å². The van der Waals surface area contributed by atoms with Crippen LogP contribution in [0.3, 0.4) is 0 Å². The highest BCUT2D eigenvalue weighted by atomic mass is 79.9. The largest absolute Gasteiger partial charge is 0.394 e. The lowest BCUT2D eigenvalue weighted by Crippen LogP contribution is -2.34. The molecule has 0 aliphatic rings. The number of urea groups is 1. The zero-order valence-corrected chi connectivity index (χ0v) is 12.3. The molecule has 104 valence electrons. The molecule has 0 unspecified atom stereocenters. The van der Waals surface area contributed by atoms with Gasteiger partial charge in [-0.05, 0) is 23.8 Å². The number of aliphatic hydroxyl groups is 1. The van der Waals surface area contributed by atoms with E-state index in [4.69, 9.17) is 0 Å². The van der Waals surface area contributed by atoms with E-state index in [1.165, 1.54) is 0 Å². The van der Waals surface area contributed by atoms with E-state index in [0.29, 0.717) is 5.69 Å². The van der Waals surface area contributed by atoms with E-state index in [1.807, 2.05) is 42.5 Å². The molecule has 0 aliphatic heterocycles. The lowest BCUT2D eigenvalue weighted by Gasteiger charge is -2.17. The first kappa shape index (κ1) is 14.6. The molecule has 20 heavy (non-hydrogen) atoms. The van der Waals surface area contributed by atoms with E-state index in [9.17, 15) is 9.90 Å². The van der Waals surface area contributed by atoms with Crippen molar-refractivity contribution in [3.63, 3.8) is 0 Å². The second-order valence-corrected chi connectivity index (χ2v) is 5.17. The molecule has 2 aromatic carbocycles. The van der Waals surface area contributed by atoms with Gasteiger partial charge in [0.1, 0.15) is 0 Å². The second kappa shape index (κ2) is 7.07. The molecule has 1 atom stereocenters. The summed E-state index contributed by atoms with van der Waals surface area (Å²) in [7, 11) is 0. The van der Waals surface area contributed by atoms with E-state index in [2.05, 4.69) is 26.6 Å². The third kappa shape index (κ3) is 4.08. The predicted octanol–water partition coefficient (Wildman–Crippen LogP) is 3.30. The Morgan fingerprint density at radius 1 is 1.15 bits per heavy atom. The van der Waals surface area contributed by atoms with Crippen molar-refractivity contribution in [3.8, 4) is 0 Å². The van der Waals surface area contributed by atoms with E-state index < -0.39 is 6.04 Å². The smallest absolute Gasteiger partial charge is 0.319 e. The summed E-state index contributed by atoms with van der Waals surface area (Å²) in [6.45, 7) is -0.157. The maximum Gasteiger partial charge on any atom is 0.319 e. The van der Waals surface area contributed by atoms with Crippen LogP contribution in [0.5, 0.6) is 0 Å². The topological polar surface area (TPSA) is 61.4 Å². The molecular weight excluding hydrogens is 320 g/mol. The lowest BCUT2D eigenvalue weighted by molar-refractivity contribution is 0.225. The molecule has 0 fully saturated rings. The van der Waals surface area contributed by atoms with Gasteiger partial charge in [0.05, 0.1) is 12.6 Å². The van der Waals surface area contributed by atoms with E-state index in [-0.39, 0.29) is 12.6 Å². The molecule has 0 aliphatic carbocycles. The van der Waals surface area contributed by atoms with Gasteiger partial charge in [-0.15, -0.1) is 0 Å². The van der Waals surface area contributed by atoms with Gasteiger partial charge in [-0.2, -0.15) is 0 Å². The monoisotopic (exact) mass is 334 g/mol. The highest BCUT2D eigenvalue weighted by molar-refractivity contribution is 9.10. The van der Waals surface area contributed by atoms with Crippen LogP contribution in [0.4, 0.5) is 10.5 Å². The fourth-order valence-corrected chi connectivity index (χ4v) is 2.21. The molecule has 4 nitrogen and oxygen atoms in total. The summed E-state index contributed by atoms with van der Waals surface area (Å²) in [5.74, 6) is 0. The minimum atomic E-state index is -0.427. The molecule has 0 aromatic heterocycles. The number of carbonyl (C=O) groups is 1. The van der Waals surface area contributed by atoms with Crippen LogP contribution < -0.4 is 10.6 Å². The van der Waals surface area contributed by atoms with Crippen molar-refractivity contribution in [3.05, 3.63) is 64.6 Å². The molecule has 0 radical (unpaired) electrons. The van der Waals surface area contributed by atoms with Crippen molar-refractivity contribution in [2.24, 2.45) is 0 Å². The van der Waals surface area contributed by atoms with Gasteiger partial charge >= 0.3 is 6.03 Å². The quantitative estimate of drug-likeness (QED) is 0.803. The Morgan fingerprint density at radius 3 is 2.55 bits per heavy atom. The van der Waals surface area contributed by atoms with Gasteiger partial charge in [0.2, 0.25) is 0 Å². The summed E-state index contributed by atoms with van der Waals surface area (Å²) in [6.07, 6.45) is 0. The average Bonchev–Trinajstić information content (AvgIpc) is 2.45. The van der Waals surface area contributed by atoms with Crippen LogP contribution in [0.2, 0.25) is 0 Å². The van der Waals surface area contributed by atoms with Crippen LogP contribution in [-0.4, -0.2) is 17.7 Å². The van der Waals surface area contributed by atoms with Crippen LogP contribution in [0.1, 0.15) is 11.6 Å². The maximum absolute atomic E-state index is 11.9. The Labute approximate surface area is 126 Å². The summed E-state index contributed by atoms with van der Waals surface area (Å²) in [6, 6.07) is 15.9. The molecule has 5 heteroatoms. The van der Waals surface area contributed by atoms with Gasteiger partial charge in [0.25, 0.3) is 0 Å². The van der Waals surface area contributed by atoms with Crippen LogP contribution in [-0.2, 0) is 0 Å². The summed E-state index contributed by atoms with van der Waals surface area (Å²) in [5.41, 5.74) is 1.54. The Morgan fingerprint density at radius 2 is 1.90 bits per heavy atom. The Kier molecular flexibility index (Phi) is 5.15. The minimum Gasteiger partial charge on any atom is -0.394 e. The zero-order valence-electron chi connectivity index (χ0n) is 10.7. The lowest BCUT2D eigenvalue weighted by atomic mass is 10.1. The van der Waals surface area contributed by atoms with Crippen LogP contribution in [0, 0.1) is 0 Å². The number of rotatable bonds is 4. The van der Waals surface area contributed by atoms with Crippen molar-refractivity contribution in [1.82, 2.24) is 5.32 Å². The van der Waals surface area contributed by atoms with Crippen molar-refractivity contribution in [2.45, 2.75) is 6.04 Å². The average molecular weight is 335 g/mol. The normalized spacial score (nSPS) is 11.7. The number of amides is 2. The first-order valence-corrected chi connectivity index (χ1v) is 6.97. The molecule has 0 bridgehead atoms. The number of nitrogens with one attached hydrogen (secondary N) is 2. The molecule has 0 saturated carbocycles. The summed E-state index contributed by atoms with van der Waals surface area (Å²) in [5, 5.41) is 14.9. The fraction of sp³-hybridized carbons (Fsp3) is 0.133. The van der Waals surface area contributed by atoms with Crippen molar-refractivity contribution in [1.29, 1.82) is 0 Å². The molecular formula is C15H15BrN2O2. The number of benzene rings is 2. The standard InChI is InChI=1S/C15H15BrN2O2/c16-12-7-4-8-13(9-12)17-15(20)18-14(10-19)11-5-2-1-3-6-11/h1-9,14,19H,10H2,(H2,17,18,20)/t14-/m1/s1. The summed E-state index contributed by atoms with van der Waals surface area (Å²) >= 11 is 3.34. The van der Waals surface area contributed by atoms with Crippen molar-refractivity contribution in [2.75, 3.05) is 11.9 Å². The SMILES string of the molecule is O=C(Nc1cccc(Br)c1)N[C@H](CO)c1ccccc1. The molecule has 2 rings (SSSR count). The van der Waals surface area contributed by atoms with Gasteiger partial charge in [0.15, 0.2) is 0 Å². The zero-order chi connectivity index (χ0) is 14.4. The Hall–Kier alpha value is -1.85. The fourth-order valence-electron chi connectivity index (χ4n) is 1.81. The molecule has 2 aromatic rings. The summed E-state index contributed by atoms with van der Waals surface area (Å²) in [4.78, 5) is 11.9. The number of aliphatic hydroxyl groups excluding tert-OH is 1. The van der Waals surface area contributed by atoms with E-state index >= 15 is 0 Å². The first-order chi connectivity index (χ1) is 9.69. The molecule has 0 saturated heterocycles. The summed E-state index contributed by atoms with van der Waals surface area (Å²) < 4.78 is 0.886. The molecule has 3 N–H and O–H groups in total. The number of halogens is 1. The van der Waals surface area contributed by atoms with Gasteiger partial charge in [0, 0.05) is 10.2 Å². The highest BCUT2D eigenvalue weighted by Crippen LogP contribution is 2.16. The maximum atomic E-state index is 11.9. The predicted molar refractivity (Wildman–Crippen MR) is 82.6 cm³/mol. The minimum absolute atomic E-state index is 0.157. The third-order valence-electron chi connectivity index (χ3n) is 2.77. The second-order valence-electron chi connectivity index (χ2n) is 4.25. The molecule has 2 amide bonds. The van der Waals surface area contributed by atoms with Crippen molar-refractivity contribution < 1.29 is 9.90 Å².